The van der Waals surface area contributed by atoms with Crippen LogP contribution in [0.1, 0.15) is 6.42 Å². The number of hydrogen-bond acceptors (Lipinski definition) is 4. The Kier molecular flexibility index (Phi) is 5.18. The Hall–Kier alpha value is -2.30. The molecule has 0 unspecified atom stereocenters. The van der Waals surface area contributed by atoms with Crippen molar-refractivity contribution in [2.24, 2.45) is 4.99 Å². The van der Waals surface area contributed by atoms with Gasteiger partial charge in [0.15, 0.2) is 0 Å². The molecule has 0 spiro atoms. The Labute approximate surface area is 145 Å². The van der Waals surface area contributed by atoms with Gasteiger partial charge in [-0.05, 0) is 48.9 Å². The lowest BCUT2D eigenvalue weighted by molar-refractivity contribution is 0.291. The van der Waals surface area contributed by atoms with Crippen LogP contribution in [-0.4, -0.2) is 25.4 Å². The smallest absolute Gasteiger partial charge is 0.137 e. The maximum absolute atomic E-state index is 8.99. The zero-order chi connectivity index (χ0) is 16.9. The Balaban J connectivity index is 2.18. The third-order valence-corrected chi connectivity index (χ3v) is 3.93. The summed E-state index contributed by atoms with van der Waals surface area (Å²) in [7, 11) is 1.63. The predicted molar refractivity (Wildman–Crippen MR) is 95.3 cm³/mol. The minimum atomic E-state index is 0.117. The molecule has 0 atom stereocenters. The molecule has 0 bridgehead atoms. The van der Waals surface area contributed by atoms with Crippen LogP contribution >= 0.6 is 11.6 Å². The van der Waals surface area contributed by atoms with Gasteiger partial charge in [-0.2, -0.15) is 0 Å². The van der Waals surface area contributed by atoms with Gasteiger partial charge >= 0.3 is 0 Å². The lowest BCUT2D eigenvalue weighted by atomic mass is 10.1. The lowest BCUT2D eigenvalue weighted by Gasteiger charge is -2.07. The highest BCUT2D eigenvalue weighted by Gasteiger charge is 2.07. The molecule has 0 radical (unpaired) electrons. The first-order chi connectivity index (χ1) is 11.7. The molecule has 1 heterocycles. The van der Waals surface area contributed by atoms with E-state index in [-0.39, 0.29) is 6.61 Å². The van der Waals surface area contributed by atoms with Gasteiger partial charge in [-0.3, -0.25) is 4.99 Å². The number of methoxy groups -OCH3 is 1. The van der Waals surface area contributed by atoms with Crippen LogP contribution in [0.4, 0.5) is 0 Å². The molecular formula is C19H18ClNO3. The second-order valence-corrected chi connectivity index (χ2v) is 5.76. The summed E-state index contributed by atoms with van der Waals surface area (Å²) in [6, 6.07) is 15.0. The van der Waals surface area contributed by atoms with Crippen molar-refractivity contribution >= 4 is 22.6 Å². The Morgan fingerprint density at radius 1 is 1.12 bits per heavy atom. The normalized spacial score (nSPS) is 11.9. The highest BCUT2D eigenvalue weighted by atomic mass is 35.5. The number of fused-ring (bicyclic) bond motifs is 1. The van der Waals surface area contributed by atoms with Crippen molar-refractivity contribution in [3.63, 3.8) is 0 Å². The maximum Gasteiger partial charge on any atom is 0.137 e. The summed E-state index contributed by atoms with van der Waals surface area (Å²) in [5, 5.41) is 11.4. The zero-order valence-corrected chi connectivity index (χ0v) is 14.1. The first-order valence-corrected chi connectivity index (χ1v) is 8.08. The van der Waals surface area contributed by atoms with Crippen LogP contribution in [0.3, 0.4) is 0 Å². The molecule has 0 aliphatic rings. The molecule has 3 rings (SSSR count). The van der Waals surface area contributed by atoms with Gasteiger partial charge < -0.3 is 14.3 Å². The van der Waals surface area contributed by atoms with E-state index >= 15 is 0 Å². The fraction of sp³-hybridized carbons (Fsp3) is 0.211. The molecule has 2 aromatic carbocycles. The van der Waals surface area contributed by atoms with Crippen molar-refractivity contribution in [2.45, 2.75) is 6.42 Å². The molecule has 0 aliphatic heterocycles. The van der Waals surface area contributed by atoms with Crippen LogP contribution in [0.15, 0.2) is 57.9 Å². The predicted octanol–water partition coefficient (Wildman–Crippen LogP) is 4.04. The van der Waals surface area contributed by atoms with Gasteiger partial charge in [0.25, 0.3) is 0 Å². The van der Waals surface area contributed by atoms with E-state index in [2.05, 4.69) is 4.99 Å². The average molecular weight is 344 g/mol. The molecule has 1 N–H and O–H groups in total. The summed E-state index contributed by atoms with van der Waals surface area (Å²) >= 11 is 5.96. The summed E-state index contributed by atoms with van der Waals surface area (Å²) in [5.41, 5.74) is 1.65. The fourth-order valence-electron chi connectivity index (χ4n) is 2.43. The molecular weight excluding hydrogens is 326 g/mol. The van der Waals surface area contributed by atoms with Gasteiger partial charge in [-0.15, -0.1) is 0 Å². The van der Waals surface area contributed by atoms with E-state index in [9.17, 15) is 0 Å². The number of rotatable bonds is 5. The molecule has 1 aromatic heterocycles. The Morgan fingerprint density at radius 2 is 1.92 bits per heavy atom. The minimum absolute atomic E-state index is 0.117. The van der Waals surface area contributed by atoms with E-state index in [4.69, 9.17) is 25.9 Å². The van der Waals surface area contributed by atoms with Crippen molar-refractivity contribution in [1.29, 1.82) is 0 Å². The highest BCUT2D eigenvalue weighted by Crippen LogP contribution is 2.25. The SMILES string of the molecule is COc1ccc2oc(-c3ccc(Cl)cc3)cc(=NCCCO)c2c1. The Bertz CT molecular complexity index is 901. The van der Waals surface area contributed by atoms with Crippen LogP contribution in [-0.2, 0) is 0 Å². The summed E-state index contributed by atoms with van der Waals surface area (Å²) in [6.45, 7) is 0.666. The van der Waals surface area contributed by atoms with E-state index in [1.807, 2.05) is 48.5 Å². The van der Waals surface area contributed by atoms with Gasteiger partial charge in [0, 0.05) is 35.2 Å². The number of ether oxygens (including phenoxy) is 1. The van der Waals surface area contributed by atoms with Crippen LogP contribution in [0.2, 0.25) is 5.02 Å². The number of aliphatic hydroxyl groups is 1. The van der Waals surface area contributed by atoms with E-state index in [0.717, 1.165) is 27.6 Å². The zero-order valence-electron chi connectivity index (χ0n) is 13.3. The topological polar surface area (TPSA) is 55.0 Å². The summed E-state index contributed by atoms with van der Waals surface area (Å²) < 4.78 is 11.3. The van der Waals surface area contributed by atoms with Gasteiger partial charge in [0.05, 0.1) is 12.5 Å². The quantitative estimate of drug-likeness (QED) is 0.711. The number of halogens is 1. The van der Waals surface area contributed by atoms with Crippen molar-refractivity contribution < 1.29 is 14.3 Å². The average Bonchev–Trinajstić information content (AvgIpc) is 2.62. The van der Waals surface area contributed by atoms with E-state index < -0.39 is 0 Å². The summed E-state index contributed by atoms with van der Waals surface area (Å²) in [5.74, 6) is 1.46. The molecule has 0 amide bonds. The molecule has 0 fully saturated rings. The molecule has 24 heavy (non-hydrogen) atoms. The number of benzene rings is 2. The highest BCUT2D eigenvalue weighted by molar-refractivity contribution is 6.30. The third-order valence-electron chi connectivity index (χ3n) is 3.68. The van der Waals surface area contributed by atoms with Gasteiger partial charge in [-0.1, -0.05) is 11.6 Å². The first kappa shape index (κ1) is 16.6. The first-order valence-electron chi connectivity index (χ1n) is 7.70. The molecule has 0 aliphatic carbocycles. The van der Waals surface area contributed by atoms with Gasteiger partial charge in [0.1, 0.15) is 17.1 Å². The van der Waals surface area contributed by atoms with E-state index in [1.54, 1.807) is 7.11 Å². The molecule has 124 valence electrons. The molecule has 0 saturated heterocycles. The van der Waals surface area contributed by atoms with Crippen LogP contribution in [0.25, 0.3) is 22.3 Å². The molecule has 5 heteroatoms. The Morgan fingerprint density at radius 3 is 2.62 bits per heavy atom. The van der Waals surface area contributed by atoms with Gasteiger partial charge in [-0.25, -0.2) is 0 Å². The molecule has 4 nitrogen and oxygen atoms in total. The van der Waals surface area contributed by atoms with Crippen molar-refractivity contribution in [1.82, 2.24) is 0 Å². The largest absolute Gasteiger partial charge is 0.497 e. The van der Waals surface area contributed by atoms with Gasteiger partial charge in [0.2, 0.25) is 0 Å². The summed E-state index contributed by atoms with van der Waals surface area (Å²) in [4.78, 5) is 4.60. The number of hydrogen-bond donors (Lipinski definition) is 1. The summed E-state index contributed by atoms with van der Waals surface area (Å²) in [6.07, 6.45) is 0.619. The minimum Gasteiger partial charge on any atom is -0.497 e. The molecule has 0 saturated carbocycles. The molecule has 3 aromatic rings. The monoisotopic (exact) mass is 343 g/mol. The van der Waals surface area contributed by atoms with Crippen LogP contribution in [0, 0.1) is 0 Å². The standard InChI is InChI=1S/C19H18ClNO3/c1-23-15-7-8-18-16(11-15)17(21-9-2-10-22)12-19(24-18)13-3-5-14(20)6-4-13/h3-8,11-12,22H,2,9-10H2,1H3. The third kappa shape index (κ3) is 3.61. The number of aliphatic hydroxyl groups excluding tert-OH is 1. The maximum atomic E-state index is 8.99. The number of nitrogens with zero attached hydrogens (tertiary/aromatic N) is 1. The van der Waals surface area contributed by atoms with Crippen LogP contribution < -0.4 is 10.1 Å². The van der Waals surface area contributed by atoms with E-state index in [1.165, 1.54) is 0 Å². The van der Waals surface area contributed by atoms with Crippen molar-refractivity contribution in [2.75, 3.05) is 20.3 Å². The lowest BCUT2D eigenvalue weighted by Crippen LogP contribution is -2.06. The van der Waals surface area contributed by atoms with Crippen molar-refractivity contribution in [3.8, 4) is 17.1 Å². The fourth-order valence-corrected chi connectivity index (χ4v) is 2.56. The second kappa shape index (κ2) is 7.51. The van der Waals surface area contributed by atoms with E-state index in [0.29, 0.717) is 23.7 Å². The van der Waals surface area contributed by atoms with Crippen molar-refractivity contribution in [3.05, 3.63) is 58.9 Å². The second-order valence-electron chi connectivity index (χ2n) is 5.32. The van der Waals surface area contributed by atoms with Crippen LogP contribution in [0.5, 0.6) is 5.75 Å².